The van der Waals surface area contributed by atoms with Crippen LogP contribution in [0.1, 0.15) is 62.8 Å². The van der Waals surface area contributed by atoms with E-state index in [1.165, 1.54) is 62.5 Å². The maximum Gasteiger partial charge on any atom is 0.109 e. The van der Waals surface area contributed by atoms with Gasteiger partial charge < -0.3 is 14.8 Å². The SMILES string of the molecule is CCCc1nc2c(n1C(C)CN1CCCCC1)CCNC2. The van der Waals surface area contributed by atoms with Gasteiger partial charge >= 0.3 is 0 Å². The molecule has 0 radical (unpaired) electrons. The van der Waals surface area contributed by atoms with E-state index in [-0.39, 0.29) is 0 Å². The van der Waals surface area contributed by atoms with Crippen LogP contribution in [0.25, 0.3) is 0 Å². The molecule has 2 aliphatic rings. The Hall–Kier alpha value is -0.870. The molecule has 2 aliphatic heterocycles. The third-order valence-corrected chi connectivity index (χ3v) is 4.88. The summed E-state index contributed by atoms with van der Waals surface area (Å²) in [6.07, 6.45) is 7.59. The molecule has 0 aliphatic carbocycles. The summed E-state index contributed by atoms with van der Waals surface area (Å²) in [6, 6.07) is 0.555. The Balaban J connectivity index is 1.79. The fraction of sp³-hybridized carbons (Fsp3) is 0.824. The zero-order chi connectivity index (χ0) is 14.7. The fourth-order valence-electron chi connectivity index (χ4n) is 3.91. The molecule has 118 valence electrons. The highest BCUT2D eigenvalue weighted by atomic mass is 15.2. The van der Waals surface area contributed by atoms with Crippen LogP contribution in [0.4, 0.5) is 0 Å². The van der Waals surface area contributed by atoms with Gasteiger partial charge in [-0.3, -0.25) is 0 Å². The zero-order valence-electron chi connectivity index (χ0n) is 13.7. The predicted molar refractivity (Wildman–Crippen MR) is 86.6 cm³/mol. The second-order valence-corrected chi connectivity index (χ2v) is 6.68. The lowest BCUT2D eigenvalue weighted by Crippen LogP contribution is -2.35. The highest BCUT2D eigenvalue weighted by molar-refractivity contribution is 5.21. The minimum atomic E-state index is 0.555. The molecule has 1 unspecified atom stereocenters. The Morgan fingerprint density at radius 3 is 2.81 bits per heavy atom. The average Bonchev–Trinajstić information content (AvgIpc) is 2.86. The number of nitrogens with zero attached hydrogens (tertiary/aromatic N) is 3. The van der Waals surface area contributed by atoms with Crippen LogP contribution in [0, 0.1) is 0 Å². The van der Waals surface area contributed by atoms with Gasteiger partial charge in [0.15, 0.2) is 0 Å². The normalized spacial score (nSPS) is 21.2. The molecule has 1 atom stereocenters. The van der Waals surface area contributed by atoms with E-state index in [2.05, 4.69) is 28.6 Å². The van der Waals surface area contributed by atoms with Crippen molar-refractivity contribution in [2.24, 2.45) is 0 Å². The van der Waals surface area contributed by atoms with Gasteiger partial charge in [0.25, 0.3) is 0 Å². The first-order valence-corrected chi connectivity index (χ1v) is 8.81. The summed E-state index contributed by atoms with van der Waals surface area (Å²) < 4.78 is 2.58. The maximum atomic E-state index is 4.94. The van der Waals surface area contributed by atoms with E-state index in [9.17, 15) is 0 Å². The first-order chi connectivity index (χ1) is 10.3. The zero-order valence-corrected chi connectivity index (χ0v) is 13.7. The molecular formula is C17H30N4. The fourth-order valence-corrected chi connectivity index (χ4v) is 3.91. The number of fused-ring (bicyclic) bond motifs is 1. The Labute approximate surface area is 128 Å². The summed E-state index contributed by atoms with van der Waals surface area (Å²) in [7, 11) is 0. The van der Waals surface area contributed by atoms with E-state index < -0.39 is 0 Å². The van der Waals surface area contributed by atoms with E-state index in [1.807, 2.05) is 0 Å². The van der Waals surface area contributed by atoms with E-state index >= 15 is 0 Å². The Bertz CT molecular complexity index is 460. The van der Waals surface area contributed by atoms with E-state index in [0.29, 0.717) is 6.04 Å². The second kappa shape index (κ2) is 6.93. The summed E-state index contributed by atoms with van der Waals surface area (Å²) in [5.74, 6) is 1.32. The van der Waals surface area contributed by atoms with Gasteiger partial charge in [0.05, 0.1) is 5.69 Å². The van der Waals surface area contributed by atoms with Gasteiger partial charge in [-0.15, -0.1) is 0 Å². The van der Waals surface area contributed by atoms with Crippen molar-refractivity contribution in [2.75, 3.05) is 26.2 Å². The van der Waals surface area contributed by atoms with E-state index in [1.54, 1.807) is 0 Å². The van der Waals surface area contributed by atoms with Crippen molar-refractivity contribution in [3.05, 3.63) is 17.2 Å². The number of hydrogen-bond donors (Lipinski definition) is 1. The first-order valence-electron chi connectivity index (χ1n) is 8.81. The van der Waals surface area contributed by atoms with Gasteiger partial charge in [-0.2, -0.15) is 0 Å². The van der Waals surface area contributed by atoms with Crippen LogP contribution in [0.15, 0.2) is 0 Å². The third-order valence-electron chi connectivity index (χ3n) is 4.88. The molecule has 0 amide bonds. The lowest BCUT2D eigenvalue weighted by Gasteiger charge is -2.31. The highest BCUT2D eigenvalue weighted by Crippen LogP contribution is 2.23. The standard InChI is InChI=1S/C17H30N4/c1-3-7-17-19-15-12-18-9-8-16(15)21(17)14(2)13-20-10-5-4-6-11-20/h14,18H,3-13H2,1-2H3. The molecule has 1 saturated heterocycles. The van der Waals surface area contributed by atoms with Crippen molar-refractivity contribution in [3.63, 3.8) is 0 Å². The molecule has 3 heterocycles. The molecule has 0 bridgehead atoms. The molecule has 4 nitrogen and oxygen atoms in total. The van der Waals surface area contributed by atoms with Crippen molar-refractivity contribution in [3.8, 4) is 0 Å². The van der Waals surface area contributed by atoms with Gasteiger partial charge in [-0.1, -0.05) is 13.3 Å². The summed E-state index contributed by atoms with van der Waals surface area (Å²) >= 11 is 0. The monoisotopic (exact) mass is 290 g/mol. The Morgan fingerprint density at radius 1 is 1.24 bits per heavy atom. The number of aromatic nitrogens is 2. The first kappa shape index (κ1) is 15.0. The Morgan fingerprint density at radius 2 is 2.05 bits per heavy atom. The van der Waals surface area contributed by atoms with Crippen LogP contribution < -0.4 is 5.32 Å². The third kappa shape index (κ3) is 3.32. The van der Waals surface area contributed by atoms with Gasteiger partial charge in [-0.05, 0) is 39.3 Å². The van der Waals surface area contributed by atoms with Gasteiger partial charge in [-0.25, -0.2) is 4.98 Å². The number of nitrogens with one attached hydrogen (secondary N) is 1. The summed E-state index contributed by atoms with van der Waals surface area (Å²) in [5, 5.41) is 3.46. The highest BCUT2D eigenvalue weighted by Gasteiger charge is 2.24. The topological polar surface area (TPSA) is 33.1 Å². The second-order valence-electron chi connectivity index (χ2n) is 6.68. The van der Waals surface area contributed by atoms with Crippen LogP contribution in [-0.4, -0.2) is 40.6 Å². The van der Waals surface area contributed by atoms with Gasteiger partial charge in [0.2, 0.25) is 0 Å². The number of piperidine rings is 1. The summed E-state index contributed by atoms with van der Waals surface area (Å²) in [6.45, 7) is 10.4. The minimum Gasteiger partial charge on any atom is -0.328 e. The molecule has 1 aromatic heterocycles. The number of likely N-dealkylation sites (tertiary alicyclic amines) is 1. The van der Waals surface area contributed by atoms with Gasteiger partial charge in [0.1, 0.15) is 5.82 Å². The molecule has 4 heteroatoms. The number of imidazole rings is 1. The van der Waals surface area contributed by atoms with Crippen LogP contribution in [0.5, 0.6) is 0 Å². The molecule has 3 rings (SSSR count). The lowest BCUT2D eigenvalue weighted by atomic mass is 10.1. The quantitative estimate of drug-likeness (QED) is 0.904. The molecule has 1 aromatic rings. The molecule has 1 fully saturated rings. The Kier molecular flexibility index (Phi) is 4.96. The number of aryl methyl sites for hydroxylation is 1. The van der Waals surface area contributed by atoms with Crippen molar-refractivity contribution in [1.82, 2.24) is 19.8 Å². The lowest BCUT2D eigenvalue weighted by molar-refractivity contribution is 0.199. The number of rotatable bonds is 5. The maximum absolute atomic E-state index is 4.94. The molecule has 0 saturated carbocycles. The van der Waals surface area contributed by atoms with Crippen molar-refractivity contribution >= 4 is 0 Å². The molecule has 1 N–H and O–H groups in total. The van der Waals surface area contributed by atoms with E-state index in [0.717, 1.165) is 25.9 Å². The minimum absolute atomic E-state index is 0.555. The smallest absolute Gasteiger partial charge is 0.109 e. The van der Waals surface area contributed by atoms with Crippen LogP contribution >= 0.6 is 0 Å². The summed E-state index contributed by atoms with van der Waals surface area (Å²) in [4.78, 5) is 7.59. The largest absolute Gasteiger partial charge is 0.328 e. The van der Waals surface area contributed by atoms with Crippen LogP contribution in [-0.2, 0) is 19.4 Å². The molecule has 0 spiro atoms. The van der Waals surface area contributed by atoms with Crippen molar-refractivity contribution < 1.29 is 0 Å². The van der Waals surface area contributed by atoms with Gasteiger partial charge in [0, 0.05) is 44.2 Å². The number of hydrogen-bond acceptors (Lipinski definition) is 3. The van der Waals surface area contributed by atoms with Crippen molar-refractivity contribution in [2.45, 2.75) is 65.0 Å². The summed E-state index contributed by atoms with van der Waals surface area (Å²) in [5.41, 5.74) is 2.80. The van der Waals surface area contributed by atoms with Crippen molar-refractivity contribution in [1.29, 1.82) is 0 Å². The van der Waals surface area contributed by atoms with Crippen LogP contribution in [0.3, 0.4) is 0 Å². The van der Waals surface area contributed by atoms with E-state index in [4.69, 9.17) is 4.98 Å². The predicted octanol–water partition coefficient (Wildman–Crippen LogP) is 2.53. The molecule has 0 aromatic carbocycles. The molecular weight excluding hydrogens is 260 g/mol. The van der Waals surface area contributed by atoms with Crippen LogP contribution in [0.2, 0.25) is 0 Å². The molecule has 21 heavy (non-hydrogen) atoms. The average molecular weight is 290 g/mol.